The van der Waals surface area contributed by atoms with Crippen LogP contribution in [0.2, 0.25) is 0 Å². The number of benzene rings is 1. The molecule has 126 valence electrons. The van der Waals surface area contributed by atoms with Crippen molar-refractivity contribution in [2.45, 2.75) is 37.5 Å². The number of amides is 1. The van der Waals surface area contributed by atoms with Crippen LogP contribution < -0.4 is 5.73 Å². The molecule has 1 aromatic carbocycles. The molecular formula is C16H17F2N5O. The van der Waals surface area contributed by atoms with Gasteiger partial charge in [-0.2, -0.15) is 10.2 Å². The van der Waals surface area contributed by atoms with Gasteiger partial charge in [-0.05, 0) is 25.0 Å². The molecule has 3 rings (SSSR count). The number of primary amides is 1. The van der Waals surface area contributed by atoms with E-state index in [-0.39, 0.29) is 30.1 Å². The average Bonchev–Trinajstić information content (AvgIpc) is 2.98. The van der Waals surface area contributed by atoms with Crippen LogP contribution in [0, 0.1) is 0 Å². The normalized spacial score (nSPS) is 18.1. The Morgan fingerprint density at radius 2 is 1.88 bits per heavy atom. The Labute approximate surface area is 137 Å². The number of aromatic nitrogens is 2. The van der Waals surface area contributed by atoms with E-state index in [1.165, 1.54) is 0 Å². The summed E-state index contributed by atoms with van der Waals surface area (Å²) >= 11 is 0. The van der Waals surface area contributed by atoms with Crippen molar-refractivity contribution >= 4 is 17.3 Å². The fraction of sp³-hybridized carbons (Fsp3) is 0.375. The molecule has 1 aromatic heterocycles. The average molecular weight is 333 g/mol. The maximum atomic E-state index is 13.4. The smallest absolute Gasteiger partial charge is 0.271 e. The lowest BCUT2D eigenvalue weighted by Gasteiger charge is -2.27. The Kier molecular flexibility index (Phi) is 4.37. The number of azo groups is 1. The molecule has 0 atom stereocenters. The van der Waals surface area contributed by atoms with Gasteiger partial charge >= 0.3 is 0 Å². The summed E-state index contributed by atoms with van der Waals surface area (Å²) in [5.41, 5.74) is 6.69. The van der Waals surface area contributed by atoms with Crippen LogP contribution >= 0.6 is 0 Å². The molecule has 0 spiro atoms. The van der Waals surface area contributed by atoms with Crippen LogP contribution in [-0.2, 0) is 0 Å². The van der Waals surface area contributed by atoms with Gasteiger partial charge < -0.3 is 5.73 Å². The first-order valence-corrected chi connectivity index (χ1v) is 7.69. The van der Waals surface area contributed by atoms with Gasteiger partial charge in [0.15, 0.2) is 5.69 Å². The minimum absolute atomic E-state index is 0.0259. The quantitative estimate of drug-likeness (QED) is 0.819. The molecule has 1 heterocycles. The minimum Gasteiger partial charge on any atom is -0.364 e. The zero-order chi connectivity index (χ0) is 17.2. The molecular weight excluding hydrogens is 316 g/mol. The summed E-state index contributed by atoms with van der Waals surface area (Å²) in [7, 11) is 0. The zero-order valence-corrected chi connectivity index (χ0v) is 12.9. The van der Waals surface area contributed by atoms with Crippen LogP contribution in [0.5, 0.6) is 0 Å². The second-order valence-electron chi connectivity index (χ2n) is 5.86. The standard InChI is InChI=1S/C16H17F2N5O/c17-16(18)8-6-10(7-9-16)12-13(14(15(19)24)23-21-12)22-20-11-4-2-1-3-5-11/h1-5,10H,6-9H2,(H2,19,24)(H,21,23). The first-order valence-electron chi connectivity index (χ1n) is 7.69. The third kappa shape index (κ3) is 3.47. The topological polar surface area (TPSA) is 96.5 Å². The molecule has 1 saturated carbocycles. The number of nitrogens with one attached hydrogen (secondary N) is 1. The van der Waals surface area contributed by atoms with E-state index in [9.17, 15) is 13.6 Å². The van der Waals surface area contributed by atoms with Gasteiger partial charge in [0.25, 0.3) is 5.91 Å². The molecule has 2 aromatic rings. The number of aromatic amines is 1. The molecule has 0 aliphatic heterocycles. The largest absolute Gasteiger partial charge is 0.364 e. The zero-order valence-electron chi connectivity index (χ0n) is 12.9. The van der Waals surface area contributed by atoms with Gasteiger partial charge in [0.05, 0.1) is 11.4 Å². The van der Waals surface area contributed by atoms with E-state index in [1.54, 1.807) is 12.1 Å². The molecule has 24 heavy (non-hydrogen) atoms. The van der Waals surface area contributed by atoms with Crippen LogP contribution in [0.4, 0.5) is 20.2 Å². The van der Waals surface area contributed by atoms with Gasteiger partial charge in [0.2, 0.25) is 5.92 Å². The van der Waals surface area contributed by atoms with E-state index >= 15 is 0 Å². The Balaban J connectivity index is 1.90. The minimum atomic E-state index is -2.63. The number of rotatable bonds is 4. The summed E-state index contributed by atoms with van der Waals surface area (Å²) in [5, 5.41) is 14.8. The van der Waals surface area contributed by atoms with Crippen LogP contribution in [0.1, 0.15) is 47.8 Å². The van der Waals surface area contributed by atoms with Crippen molar-refractivity contribution < 1.29 is 13.6 Å². The Hall–Kier alpha value is -2.64. The van der Waals surface area contributed by atoms with Gasteiger partial charge in [0, 0.05) is 18.8 Å². The van der Waals surface area contributed by atoms with Crippen LogP contribution in [-0.4, -0.2) is 22.0 Å². The predicted molar refractivity (Wildman–Crippen MR) is 83.9 cm³/mol. The van der Waals surface area contributed by atoms with Crippen molar-refractivity contribution in [3.05, 3.63) is 41.7 Å². The van der Waals surface area contributed by atoms with Crippen LogP contribution in [0.25, 0.3) is 0 Å². The second-order valence-corrected chi connectivity index (χ2v) is 5.86. The van der Waals surface area contributed by atoms with Crippen molar-refractivity contribution in [2.75, 3.05) is 0 Å². The fourth-order valence-corrected chi connectivity index (χ4v) is 2.84. The predicted octanol–water partition coefficient (Wildman–Crippen LogP) is 4.22. The number of hydrogen-bond acceptors (Lipinski definition) is 4. The van der Waals surface area contributed by atoms with Crippen molar-refractivity contribution in [3.63, 3.8) is 0 Å². The highest BCUT2D eigenvalue weighted by atomic mass is 19.3. The van der Waals surface area contributed by atoms with Gasteiger partial charge in [-0.15, -0.1) is 5.11 Å². The molecule has 0 unspecified atom stereocenters. The summed E-state index contributed by atoms with van der Waals surface area (Å²) in [5.74, 6) is -3.54. The molecule has 1 fully saturated rings. The third-order valence-corrected chi connectivity index (χ3v) is 4.15. The Morgan fingerprint density at radius 3 is 2.50 bits per heavy atom. The van der Waals surface area contributed by atoms with Gasteiger partial charge in [-0.1, -0.05) is 18.2 Å². The summed E-state index contributed by atoms with van der Waals surface area (Å²) < 4.78 is 26.7. The van der Waals surface area contributed by atoms with E-state index in [1.807, 2.05) is 18.2 Å². The van der Waals surface area contributed by atoms with E-state index in [2.05, 4.69) is 20.4 Å². The molecule has 0 bridgehead atoms. The molecule has 0 radical (unpaired) electrons. The molecule has 1 amide bonds. The lowest BCUT2D eigenvalue weighted by molar-refractivity contribution is -0.0384. The number of carbonyl (C=O) groups excluding carboxylic acids is 1. The molecule has 8 heteroatoms. The van der Waals surface area contributed by atoms with Crippen LogP contribution in [0.15, 0.2) is 40.6 Å². The number of carbonyl (C=O) groups is 1. The highest BCUT2D eigenvalue weighted by Gasteiger charge is 2.37. The summed E-state index contributed by atoms with van der Waals surface area (Å²) in [4.78, 5) is 11.6. The Bertz CT molecular complexity index is 747. The highest BCUT2D eigenvalue weighted by molar-refractivity contribution is 5.96. The number of hydrogen-bond donors (Lipinski definition) is 2. The first-order chi connectivity index (χ1) is 11.5. The van der Waals surface area contributed by atoms with E-state index < -0.39 is 11.8 Å². The van der Waals surface area contributed by atoms with Crippen molar-refractivity contribution in [1.29, 1.82) is 0 Å². The lowest BCUT2D eigenvalue weighted by atomic mass is 9.84. The SMILES string of the molecule is NC(=O)c1n[nH]c(C2CCC(F)(F)CC2)c1N=Nc1ccccc1. The fourth-order valence-electron chi connectivity index (χ4n) is 2.84. The van der Waals surface area contributed by atoms with Crippen molar-refractivity contribution in [3.8, 4) is 0 Å². The molecule has 1 aliphatic rings. The van der Waals surface area contributed by atoms with E-state index in [0.717, 1.165) is 0 Å². The number of H-pyrrole nitrogens is 1. The summed E-state index contributed by atoms with van der Waals surface area (Å²) in [6.45, 7) is 0. The number of nitrogens with two attached hydrogens (primary N) is 1. The van der Waals surface area contributed by atoms with E-state index in [4.69, 9.17) is 5.73 Å². The summed E-state index contributed by atoms with van der Waals surface area (Å²) in [6.07, 6.45) is 0.193. The third-order valence-electron chi connectivity index (χ3n) is 4.15. The second kappa shape index (κ2) is 6.46. The maximum absolute atomic E-state index is 13.4. The van der Waals surface area contributed by atoms with Gasteiger partial charge in [-0.25, -0.2) is 8.78 Å². The molecule has 1 aliphatic carbocycles. The number of halogens is 2. The molecule has 0 saturated heterocycles. The number of nitrogens with zero attached hydrogens (tertiary/aromatic N) is 3. The van der Waals surface area contributed by atoms with E-state index in [0.29, 0.717) is 24.2 Å². The number of alkyl halides is 2. The van der Waals surface area contributed by atoms with Crippen molar-refractivity contribution in [2.24, 2.45) is 16.0 Å². The summed E-state index contributed by atoms with van der Waals surface area (Å²) in [6, 6.07) is 8.98. The van der Waals surface area contributed by atoms with Gasteiger partial charge in [0.1, 0.15) is 5.69 Å². The van der Waals surface area contributed by atoms with Crippen LogP contribution in [0.3, 0.4) is 0 Å². The first kappa shape index (κ1) is 16.2. The lowest BCUT2D eigenvalue weighted by Crippen LogP contribution is -2.23. The monoisotopic (exact) mass is 333 g/mol. The van der Waals surface area contributed by atoms with Crippen molar-refractivity contribution in [1.82, 2.24) is 10.2 Å². The molecule has 3 N–H and O–H groups in total. The maximum Gasteiger partial charge on any atom is 0.271 e. The molecule has 6 nitrogen and oxygen atoms in total. The Morgan fingerprint density at radius 1 is 1.21 bits per heavy atom. The van der Waals surface area contributed by atoms with Gasteiger partial charge in [-0.3, -0.25) is 9.89 Å². The highest BCUT2D eigenvalue weighted by Crippen LogP contribution is 2.43.